The molecule has 0 aromatic heterocycles. The van der Waals surface area contributed by atoms with Crippen LogP contribution in [-0.4, -0.2) is 29.2 Å². The van der Waals surface area contributed by atoms with Gasteiger partial charge in [-0.15, -0.1) is 0 Å². The number of hydrogen-bond acceptors (Lipinski definition) is 3. The number of alkyl halides is 4. The van der Waals surface area contributed by atoms with Crippen molar-refractivity contribution in [2.24, 2.45) is 0 Å². The fourth-order valence-electron chi connectivity index (χ4n) is 0.490. The van der Waals surface area contributed by atoms with Gasteiger partial charge in [0, 0.05) is 6.92 Å². The van der Waals surface area contributed by atoms with Gasteiger partial charge in [-0.1, -0.05) is 11.6 Å². The highest BCUT2D eigenvalue weighted by atomic mass is 35.5. The summed E-state index contributed by atoms with van der Waals surface area (Å²) in [4.78, 5) is 9.15. The fraction of sp³-hybridized carbons (Fsp3) is 1.00. The van der Waals surface area contributed by atoms with Crippen LogP contribution in [0.5, 0.6) is 0 Å². The molecule has 0 bridgehead atoms. The molecule has 0 saturated carbocycles. The highest BCUT2D eigenvalue weighted by Gasteiger charge is 2.50. The average Bonchev–Trinajstić information content (AvgIpc) is 1.99. The summed E-state index contributed by atoms with van der Waals surface area (Å²) in [5.74, 6) is -3.81. The SMILES string of the molecule is CCOP(O)(=S)OCC(F)(Cl)C(C)(F)F. The van der Waals surface area contributed by atoms with E-state index in [1.54, 1.807) is 0 Å². The van der Waals surface area contributed by atoms with E-state index in [9.17, 15) is 13.2 Å². The molecule has 92 valence electrons. The normalized spacial score (nSPS) is 20.7. The molecular weight excluding hydrogens is 276 g/mol. The molecule has 0 rings (SSSR count). The minimum Gasteiger partial charge on any atom is -0.324 e. The van der Waals surface area contributed by atoms with Crippen LogP contribution in [0.3, 0.4) is 0 Å². The fourth-order valence-corrected chi connectivity index (χ4v) is 1.84. The molecule has 0 radical (unpaired) electrons. The Morgan fingerprint density at radius 1 is 1.40 bits per heavy atom. The van der Waals surface area contributed by atoms with E-state index in [1.165, 1.54) is 6.92 Å². The summed E-state index contributed by atoms with van der Waals surface area (Å²) in [5, 5.41) is -3.42. The van der Waals surface area contributed by atoms with E-state index in [4.69, 9.17) is 16.5 Å². The molecule has 0 aliphatic carbocycles. The van der Waals surface area contributed by atoms with E-state index >= 15 is 0 Å². The second-order valence-corrected chi connectivity index (χ2v) is 6.19. The Labute approximate surface area is 95.8 Å². The third kappa shape index (κ3) is 5.47. The topological polar surface area (TPSA) is 38.7 Å². The van der Waals surface area contributed by atoms with Crippen molar-refractivity contribution in [2.75, 3.05) is 13.2 Å². The van der Waals surface area contributed by atoms with E-state index in [2.05, 4.69) is 20.9 Å². The Balaban J connectivity index is 4.33. The molecule has 2 unspecified atom stereocenters. The van der Waals surface area contributed by atoms with E-state index in [0.29, 0.717) is 6.92 Å². The first-order chi connectivity index (χ1) is 6.52. The summed E-state index contributed by atoms with van der Waals surface area (Å²) in [7, 11) is 0. The van der Waals surface area contributed by atoms with Crippen molar-refractivity contribution < 1.29 is 27.1 Å². The van der Waals surface area contributed by atoms with Crippen LogP contribution in [0.2, 0.25) is 0 Å². The van der Waals surface area contributed by atoms with Gasteiger partial charge in [-0.05, 0) is 18.7 Å². The number of halogens is 4. The van der Waals surface area contributed by atoms with Crippen LogP contribution in [0.4, 0.5) is 13.2 Å². The quantitative estimate of drug-likeness (QED) is 0.602. The van der Waals surface area contributed by atoms with Gasteiger partial charge in [0.05, 0.1) is 6.61 Å². The lowest BCUT2D eigenvalue weighted by atomic mass is 10.2. The first-order valence-corrected chi connectivity index (χ1v) is 6.86. The van der Waals surface area contributed by atoms with Crippen LogP contribution in [0, 0.1) is 0 Å². The standard InChI is InChI=1S/C6H11ClF3O3PS/c1-3-12-14(11,15)13-4-6(7,10)5(2,8)9/h3-4H2,1-2H3,(H,11,15). The lowest BCUT2D eigenvalue weighted by Gasteiger charge is -2.26. The monoisotopic (exact) mass is 286 g/mol. The van der Waals surface area contributed by atoms with E-state index in [-0.39, 0.29) is 6.61 Å². The molecule has 2 atom stereocenters. The molecule has 1 N–H and O–H groups in total. The van der Waals surface area contributed by atoms with Crippen LogP contribution in [0.15, 0.2) is 0 Å². The maximum Gasteiger partial charge on any atom is 0.324 e. The van der Waals surface area contributed by atoms with Gasteiger partial charge >= 0.3 is 6.72 Å². The van der Waals surface area contributed by atoms with Crippen molar-refractivity contribution >= 4 is 30.1 Å². The van der Waals surface area contributed by atoms with Crippen molar-refractivity contribution in [3.8, 4) is 0 Å². The van der Waals surface area contributed by atoms with Crippen LogP contribution in [0.25, 0.3) is 0 Å². The Hall–Kier alpha value is 0.610. The molecule has 0 amide bonds. The van der Waals surface area contributed by atoms with Crippen LogP contribution in [0.1, 0.15) is 13.8 Å². The van der Waals surface area contributed by atoms with Gasteiger partial charge in [0.1, 0.15) is 6.61 Å². The Bertz CT molecular complexity index is 258. The summed E-state index contributed by atoms with van der Waals surface area (Å²) >= 11 is 9.27. The van der Waals surface area contributed by atoms with Gasteiger partial charge in [0.25, 0.3) is 11.1 Å². The van der Waals surface area contributed by atoms with Crippen molar-refractivity contribution in [3.63, 3.8) is 0 Å². The van der Waals surface area contributed by atoms with Gasteiger partial charge in [0.2, 0.25) is 0 Å². The first kappa shape index (κ1) is 15.6. The summed E-state index contributed by atoms with van der Waals surface area (Å²) in [6.45, 7) is -3.09. The minimum atomic E-state index is -3.81. The van der Waals surface area contributed by atoms with Crippen molar-refractivity contribution in [3.05, 3.63) is 0 Å². The smallest absolute Gasteiger partial charge is 0.324 e. The Morgan fingerprint density at radius 3 is 2.20 bits per heavy atom. The number of rotatable bonds is 6. The van der Waals surface area contributed by atoms with Gasteiger partial charge in [-0.25, -0.2) is 13.2 Å². The maximum absolute atomic E-state index is 13.1. The summed E-state index contributed by atoms with van der Waals surface area (Å²) in [6, 6.07) is 0. The predicted octanol–water partition coefficient (Wildman–Crippen LogP) is 2.82. The lowest BCUT2D eigenvalue weighted by Crippen LogP contribution is -2.40. The Kier molecular flexibility index (Phi) is 5.51. The zero-order valence-electron chi connectivity index (χ0n) is 8.05. The summed E-state index contributed by atoms with van der Waals surface area (Å²) in [5.41, 5.74) is 0. The molecule has 0 aromatic rings. The van der Waals surface area contributed by atoms with Crippen LogP contribution >= 0.6 is 18.3 Å². The molecule has 0 aliphatic rings. The summed E-state index contributed by atoms with van der Waals surface area (Å²) < 4.78 is 47.0. The lowest BCUT2D eigenvalue weighted by molar-refractivity contribution is -0.0953. The summed E-state index contributed by atoms with van der Waals surface area (Å²) in [6.07, 6.45) is 0. The zero-order chi connectivity index (χ0) is 12.3. The van der Waals surface area contributed by atoms with Crippen molar-refractivity contribution in [1.29, 1.82) is 0 Å². The molecule has 0 heterocycles. The molecule has 0 saturated heterocycles. The second-order valence-electron chi connectivity index (χ2n) is 2.75. The molecule has 15 heavy (non-hydrogen) atoms. The first-order valence-electron chi connectivity index (χ1n) is 3.89. The molecule has 9 heteroatoms. The molecule has 0 aliphatic heterocycles. The van der Waals surface area contributed by atoms with Gasteiger partial charge in [0.15, 0.2) is 0 Å². The highest BCUT2D eigenvalue weighted by Crippen LogP contribution is 2.47. The third-order valence-electron chi connectivity index (χ3n) is 1.34. The second kappa shape index (κ2) is 5.29. The van der Waals surface area contributed by atoms with Crippen LogP contribution in [-0.2, 0) is 20.9 Å². The van der Waals surface area contributed by atoms with Crippen molar-refractivity contribution in [2.45, 2.75) is 24.9 Å². The number of hydrogen-bond donors (Lipinski definition) is 1. The maximum atomic E-state index is 13.1. The average molecular weight is 287 g/mol. The van der Waals surface area contributed by atoms with Gasteiger partial charge < -0.3 is 13.9 Å². The molecule has 0 aromatic carbocycles. The van der Waals surface area contributed by atoms with E-state index in [1.807, 2.05) is 0 Å². The minimum absolute atomic E-state index is 0.0257. The molecule has 3 nitrogen and oxygen atoms in total. The van der Waals surface area contributed by atoms with Crippen LogP contribution < -0.4 is 0 Å². The molecule has 0 spiro atoms. The van der Waals surface area contributed by atoms with Gasteiger partial charge in [-0.3, -0.25) is 0 Å². The van der Waals surface area contributed by atoms with E-state index in [0.717, 1.165) is 0 Å². The largest absolute Gasteiger partial charge is 0.324 e. The molecular formula is C6H11ClF3O3PS. The van der Waals surface area contributed by atoms with E-state index < -0.39 is 24.4 Å². The molecule has 0 fully saturated rings. The third-order valence-corrected chi connectivity index (χ3v) is 3.46. The zero-order valence-corrected chi connectivity index (χ0v) is 10.5. The predicted molar refractivity (Wildman–Crippen MR) is 54.4 cm³/mol. The Morgan fingerprint density at radius 2 is 1.87 bits per heavy atom. The highest BCUT2D eigenvalue weighted by molar-refractivity contribution is 8.07. The van der Waals surface area contributed by atoms with Crippen molar-refractivity contribution in [1.82, 2.24) is 0 Å². The van der Waals surface area contributed by atoms with Gasteiger partial charge in [-0.2, -0.15) is 0 Å².